The molecule has 4 rings (SSSR count). The molecule has 1 saturated heterocycles. The molecule has 150 valence electrons. The number of carbonyl (C=O) groups excluding carboxylic acids is 2. The van der Waals surface area contributed by atoms with Gasteiger partial charge in [0.1, 0.15) is 0 Å². The van der Waals surface area contributed by atoms with Gasteiger partial charge in [-0.25, -0.2) is 0 Å². The highest BCUT2D eigenvalue weighted by Crippen LogP contribution is 2.21. The molecule has 8 heteroatoms. The first kappa shape index (κ1) is 19.4. The van der Waals surface area contributed by atoms with Crippen LogP contribution in [0.4, 0.5) is 0 Å². The van der Waals surface area contributed by atoms with Crippen molar-refractivity contribution in [2.24, 2.45) is 0 Å². The minimum atomic E-state index is -0.455. The topological polar surface area (TPSA) is 90.1 Å². The molecule has 2 aromatic heterocycles. The molecule has 0 unspecified atom stereocenters. The van der Waals surface area contributed by atoms with Crippen LogP contribution in [0.15, 0.2) is 54.0 Å². The molecule has 1 aliphatic heterocycles. The summed E-state index contributed by atoms with van der Waals surface area (Å²) >= 11 is 1.66. The molecular formula is C21H23N5O2S. The maximum Gasteiger partial charge on any atom is 0.237 e. The summed E-state index contributed by atoms with van der Waals surface area (Å²) in [5, 5.41) is 14.9. The lowest BCUT2D eigenvalue weighted by molar-refractivity contribution is -0.134. The Morgan fingerprint density at radius 1 is 1.24 bits per heavy atom. The van der Waals surface area contributed by atoms with E-state index in [1.54, 1.807) is 17.5 Å². The van der Waals surface area contributed by atoms with Gasteiger partial charge in [-0.05, 0) is 17.0 Å². The van der Waals surface area contributed by atoms with Crippen LogP contribution in [-0.4, -0.2) is 46.0 Å². The highest BCUT2D eigenvalue weighted by molar-refractivity contribution is 7.09. The Labute approximate surface area is 173 Å². The van der Waals surface area contributed by atoms with E-state index >= 15 is 0 Å². The summed E-state index contributed by atoms with van der Waals surface area (Å²) in [5.74, 6) is -0.236. The third kappa shape index (κ3) is 4.72. The van der Waals surface area contributed by atoms with Crippen molar-refractivity contribution in [1.29, 1.82) is 0 Å². The molecule has 2 amide bonds. The molecule has 1 aliphatic rings. The second-order valence-electron chi connectivity index (χ2n) is 6.97. The van der Waals surface area contributed by atoms with Gasteiger partial charge in [-0.15, -0.1) is 11.3 Å². The molecule has 3 heterocycles. The monoisotopic (exact) mass is 409 g/mol. The van der Waals surface area contributed by atoms with Crippen molar-refractivity contribution in [3.8, 4) is 11.3 Å². The number of thiophene rings is 1. The Morgan fingerprint density at radius 3 is 2.90 bits per heavy atom. The van der Waals surface area contributed by atoms with Gasteiger partial charge in [-0.3, -0.25) is 19.6 Å². The average Bonchev–Trinajstić information content (AvgIpc) is 3.41. The summed E-state index contributed by atoms with van der Waals surface area (Å²) in [4.78, 5) is 28.3. The summed E-state index contributed by atoms with van der Waals surface area (Å²) in [6.45, 7) is 2.39. The van der Waals surface area contributed by atoms with E-state index in [1.807, 2.05) is 41.8 Å². The number of H-pyrrole nitrogens is 1. The SMILES string of the molecule is O=C(C[C@@H]1C(=O)NCCN1Cc1cccs1)NCc1cn[nH]c1-c1ccccc1. The predicted molar refractivity (Wildman–Crippen MR) is 112 cm³/mol. The van der Waals surface area contributed by atoms with E-state index in [0.29, 0.717) is 19.6 Å². The van der Waals surface area contributed by atoms with Crippen molar-refractivity contribution >= 4 is 23.2 Å². The standard InChI is InChI=1S/C21H23N5O2S/c27-19(23-12-16-13-24-25-20(16)15-5-2-1-3-6-15)11-18-21(28)22-8-9-26(18)14-17-7-4-10-29-17/h1-7,10,13,18H,8-9,11-12,14H2,(H,22,28)(H,23,27)(H,24,25)/t18-/m1/s1. The van der Waals surface area contributed by atoms with Crippen LogP contribution in [0.1, 0.15) is 16.9 Å². The largest absolute Gasteiger partial charge is 0.353 e. The van der Waals surface area contributed by atoms with Gasteiger partial charge in [0.25, 0.3) is 0 Å². The Hall–Kier alpha value is -2.97. The van der Waals surface area contributed by atoms with Crippen LogP contribution in [0.3, 0.4) is 0 Å². The minimum absolute atomic E-state index is 0.0868. The number of aromatic amines is 1. The maximum absolute atomic E-state index is 12.6. The van der Waals surface area contributed by atoms with Gasteiger partial charge in [0, 0.05) is 36.6 Å². The number of hydrogen-bond acceptors (Lipinski definition) is 5. The third-order valence-corrected chi connectivity index (χ3v) is 5.88. The first-order valence-electron chi connectivity index (χ1n) is 9.59. The van der Waals surface area contributed by atoms with Gasteiger partial charge in [0.05, 0.1) is 24.4 Å². The fourth-order valence-corrected chi connectivity index (χ4v) is 4.25. The lowest BCUT2D eigenvalue weighted by Crippen LogP contribution is -2.56. The van der Waals surface area contributed by atoms with E-state index in [0.717, 1.165) is 23.4 Å². The number of carbonyl (C=O) groups is 2. The van der Waals surface area contributed by atoms with Gasteiger partial charge < -0.3 is 10.6 Å². The molecule has 7 nitrogen and oxygen atoms in total. The number of nitrogens with zero attached hydrogens (tertiary/aromatic N) is 2. The van der Waals surface area contributed by atoms with Crippen molar-refractivity contribution < 1.29 is 9.59 Å². The van der Waals surface area contributed by atoms with Crippen molar-refractivity contribution in [2.45, 2.75) is 25.6 Å². The molecule has 0 aliphatic carbocycles. The van der Waals surface area contributed by atoms with Crippen LogP contribution in [-0.2, 0) is 22.7 Å². The fourth-order valence-electron chi connectivity index (χ4n) is 3.52. The van der Waals surface area contributed by atoms with E-state index < -0.39 is 6.04 Å². The number of amides is 2. The number of benzene rings is 1. The van der Waals surface area contributed by atoms with Crippen LogP contribution in [0.2, 0.25) is 0 Å². The van der Waals surface area contributed by atoms with Gasteiger partial charge >= 0.3 is 0 Å². The number of piperazine rings is 1. The van der Waals surface area contributed by atoms with Gasteiger partial charge in [0.2, 0.25) is 11.8 Å². The molecular weight excluding hydrogens is 386 g/mol. The molecule has 3 aromatic rings. The summed E-state index contributed by atoms with van der Waals surface area (Å²) in [5.41, 5.74) is 2.82. The summed E-state index contributed by atoms with van der Waals surface area (Å²) in [7, 11) is 0. The Balaban J connectivity index is 1.37. The number of rotatable bonds is 7. The first-order chi connectivity index (χ1) is 14.2. The summed E-state index contributed by atoms with van der Waals surface area (Å²) < 4.78 is 0. The fraction of sp³-hybridized carbons (Fsp3) is 0.286. The zero-order valence-electron chi connectivity index (χ0n) is 15.9. The number of aromatic nitrogens is 2. The van der Waals surface area contributed by atoms with E-state index in [2.05, 4.69) is 31.8 Å². The number of nitrogens with one attached hydrogen (secondary N) is 3. The minimum Gasteiger partial charge on any atom is -0.353 e. The molecule has 29 heavy (non-hydrogen) atoms. The highest BCUT2D eigenvalue weighted by Gasteiger charge is 2.31. The molecule has 0 radical (unpaired) electrons. The molecule has 0 bridgehead atoms. The summed E-state index contributed by atoms with van der Waals surface area (Å²) in [6, 6.07) is 13.5. The van der Waals surface area contributed by atoms with Gasteiger partial charge in [-0.2, -0.15) is 5.10 Å². The third-order valence-electron chi connectivity index (χ3n) is 5.02. The summed E-state index contributed by atoms with van der Waals surface area (Å²) in [6.07, 6.45) is 1.86. The van der Waals surface area contributed by atoms with Crippen molar-refractivity contribution in [3.05, 3.63) is 64.5 Å². The Bertz CT molecular complexity index is 955. The van der Waals surface area contributed by atoms with E-state index in [4.69, 9.17) is 0 Å². The normalized spacial score (nSPS) is 17.1. The van der Waals surface area contributed by atoms with Gasteiger partial charge in [0.15, 0.2) is 0 Å². The predicted octanol–water partition coefficient (Wildman–Crippen LogP) is 2.15. The highest BCUT2D eigenvalue weighted by atomic mass is 32.1. The van der Waals surface area contributed by atoms with Crippen LogP contribution >= 0.6 is 11.3 Å². The maximum atomic E-state index is 12.6. The van der Waals surface area contributed by atoms with Gasteiger partial charge in [-0.1, -0.05) is 36.4 Å². The molecule has 1 aromatic carbocycles. The Morgan fingerprint density at radius 2 is 2.10 bits per heavy atom. The van der Waals surface area contributed by atoms with Crippen molar-refractivity contribution in [1.82, 2.24) is 25.7 Å². The van der Waals surface area contributed by atoms with Crippen LogP contribution < -0.4 is 10.6 Å². The van der Waals surface area contributed by atoms with E-state index in [-0.39, 0.29) is 18.2 Å². The Kier molecular flexibility index (Phi) is 6.02. The lowest BCUT2D eigenvalue weighted by Gasteiger charge is -2.34. The van der Waals surface area contributed by atoms with Crippen LogP contribution in [0.5, 0.6) is 0 Å². The average molecular weight is 410 g/mol. The van der Waals surface area contributed by atoms with Crippen molar-refractivity contribution in [3.63, 3.8) is 0 Å². The first-order valence-corrected chi connectivity index (χ1v) is 10.5. The van der Waals surface area contributed by atoms with E-state index in [9.17, 15) is 9.59 Å². The van der Waals surface area contributed by atoms with Crippen LogP contribution in [0, 0.1) is 0 Å². The smallest absolute Gasteiger partial charge is 0.237 e. The number of hydrogen-bond donors (Lipinski definition) is 3. The molecule has 0 spiro atoms. The molecule has 3 N–H and O–H groups in total. The van der Waals surface area contributed by atoms with E-state index in [1.165, 1.54) is 4.88 Å². The zero-order valence-corrected chi connectivity index (χ0v) is 16.7. The lowest BCUT2D eigenvalue weighted by atomic mass is 10.1. The second kappa shape index (κ2) is 9.02. The van der Waals surface area contributed by atoms with Crippen molar-refractivity contribution in [2.75, 3.05) is 13.1 Å². The zero-order chi connectivity index (χ0) is 20.1. The quantitative estimate of drug-likeness (QED) is 0.558. The molecule has 1 fully saturated rings. The molecule has 0 saturated carbocycles. The molecule has 1 atom stereocenters. The second-order valence-corrected chi connectivity index (χ2v) is 8.01. The van der Waals surface area contributed by atoms with Crippen LogP contribution in [0.25, 0.3) is 11.3 Å².